The van der Waals surface area contributed by atoms with E-state index in [4.69, 9.17) is 5.73 Å². The first kappa shape index (κ1) is 13.7. The van der Waals surface area contributed by atoms with Crippen LogP contribution in [0.1, 0.15) is 44.9 Å². The van der Waals surface area contributed by atoms with Gasteiger partial charge < -0.3 is 11.1 Å². The van der Waals surface area contributed by atoms with Gasteiger partial charge in [0.15, 0.2) is 5.96 Å². The van der Waals surface area contributed by atoms with Gasteiger partial charge in [-0.25, -0.2) is 0 Å². The standard InChI is InChI=1S/C12H25N3S/c1-16-10-6-9-14-12(13)15-11-7-4-2-3-5-8-11/h11H,2-10H2,1H3,(H3,13,14,15). The summed E-state index contributed by atoms with van der Waals surface area (Å²) in [4.78, 5) is 4.36. The topological polar surface area (TPSA) is 50.4 Å². The van der Waals surface area contributed by atoms with E-state index in [1.165, 1.54) is 44.3 Å². The molecule has 0 atom stereocenters. The molecule has 94 valence electrons. The molecule has 0 aromatic carbocycles. The number of nitrogens with one attached hydrogen (secondary N) is 1. The lowest BCUT2D eigenvalue weighted by Gasteiger charge is -2.16. The molecule has 0 radical (unpaired) electrons. The van der Waals surface area contributed by atoms with E-state index in [0.717, 1.165) is 13.0 Å². The van der Waals surface area contributed by atoms with Crippen LogP contribution in [0.5, 0.6) is 0 Å². The number of thioether (sulfide) groups is 1. The largest absolute Gasteiger partial charge is 0.370 e. The summed E-state index contributed by atoms with van der Waals surface area (Å²) in [6, 6.07) is 0.562. The molecule has 16 heavy (non-hydrogen) atoms. The number of nitrogens with two attached hydrogens (primary N) is 1. The van der Waals surface area contributed by atoms with Crippen molar-refractivity contribution >= 4 is 17.7 Å². The van der Waals surface area contributed by atoms with Gasteiger partial charge in [-0.05, 0) is 31.3 Å². The zero-order valence-corrected chi connectivity index (χ0v) is 11.2. The van der Waals surface area contributed by atoms with Crippen LogP contribution >= 0.6 is 11.8 Å². The predicted molar refractivity (Wildman–Crippen MR) is 74.1 cm³/mol. The van der Waals surface area contributed by atoms with Gasteiger partial charge in [-0.1, -0.05) is 25.7 Å². The molecule has 1 fully saturated rings. The molecule has 3 nitrogen and oxygen atoms in total. The normalized spacial score (nSPS) is 19.4. The molecule has 0 amide bonds. The maximum atomic E-state index is 5.87. The summed E-state index contributed by atoms with van der Waals surface area (Å²) in [6.45, 7) is 0.854. The van der Waals surface area contributed by atoms with Crippen molar-refractivity contribution in [2.45, 2.75) is 51.0 Å². The van der Waals surface area contributed by atoms with Crippen molar-refractivity contribution < 1.29 is 0 Å². The average Bonchev–Trinajstić information content (AvgIpc) is 2.53. The molecule has 0 aromatic rings. The quantitative estimate of drug-likeness (QED) is 0.337. The smallest absolute Gasteiger partial charge is 0.188 e. The summed E-state index contributed by atoms with van der Waals surface area (Å²) in [5.41, 5.74) is 5.87. The Balaban J connectivity index is 2.17. The predicted octanol–water partition coefficient (Wildman–Crippen LogP) is 2.37. The van der Waals surface area contributed by atoms with Crippen molar-refractivity contribution in [3.63, 3.8) is 0 Å². The fraction of sp³-hybridized carbons (Fsp3) is 0.917. The van der Waals surface area contributed by atoms with Crippen LogP contribution in [0.25, 0.3) is 0 Å². The third-order valence-corrected chi connectivity index (χ3v) is 3.69. The van der Waals surface area contributed by atoms with Crippen LogP contribution in [0.15, 0.2) is 4.99 Å². The second-order valence-electron chi connectivity index (χ2n) is 4.45. The lowest BCUT2D eigenvalue weighted by Crippen LogP contribution is -2.39. The molecule has 1 rings (SSSR count). The van der Waals surface area contributed by atoms with Crippen molar-refractivity contribution in [3.8, 4) is 0 Å². The highest BCUT2D eigenvalue weighted by Gasteiger charge is 2.11. The van der Waals surface area contributed by atoms with Crippen LogP contribution in [0, 0.1) is 0 Å². The molecule has 3 N–H and O–H groups in total. The lowest BCUT2D eigenvalue weighted by atomic mass is 10.1. The maximum absolute atomic E-state index is 5.87. The summed E-state index contributed by atoms with van der Waals surface area (Å²) in [5, 5.41) is 3.36. The van der Waals surface area contributed by atoms with Gasteiger partial charge in [-0.15, -0.1) is 0 Å². The van der Waals surface area contributed by atoms with E-state index in [9.17, 15) is 0 Å². The molecule has 0 heterocycles. The molecule has 1 aliphatic carbocycles. The molecular weight excluding hydrogens is 218 g/mol. The van der Waals surface area contributed by atoms with Crippen molar-refractivity contribution in [1.82, 2.24) is 5.32 Å². The summed E-state index contributed by atoms with van der Waals surface area (Å²) in [7, 11) is 0. The van der Waals surface area contributed by atoms with E-state index >= 15 is 0 Å². The number of guanidine groups is 1. The first-order valence-corrected chi connectivity index (χ1v) is 7.77. The minimum Gasteiger partial charge on any atom is -0.370 e. The van der Waals surface area contributed by atoms with Gasteiger partial charge in [0, 0.05) is 12.6 Å². The van der Waals surface area contributed by atoms with E-state index in [1.807, 2.05) is 11.8 Å². The van der Waals surface area contributed by atoms with Crippen molar-refractivity contribution in [2.24, 2.45) is 10.7 Å². The number of aliphatic imine (C=N–C) groups is 1. The number of hydrogen-bond acceptors (Lipinski definition) is 2. The van der Waals surface area contributed by atoms with E-state index in [1.54, 1.807) is 0 Å². The Labute approximate surface area is 104 Å². The Morgan fingerprint density at radius 1 is 1.31 bits per heavy atom. The van der Waals surface area contributed by atoms with Crippen LogP contribution in [0.4, 0.5) is 0 Å². The Hall–Kier alpha value is -0.380. The van der Waals surface area contributed by atoms with Gasteiger partial charge in [0.05, 0.1) is 0 Å². The molecule has 1 aliphatic rings. The van der Waals surface area contributed by atoms with Gasteiger partial charge in [-0.2, -0.15) is 11.8 Å². The molecule has 1 saturated carbocycles. The number of rotatable bonds is 5. The van der Waals surface area contributed by atoms with Gasteiger partial charge in [-0.3, -0.25) is 4.99 Å². The summed E-state index contributed by atoms with van der Waals surface area (Å²) in [6.07, 6.45) is 11.2. The van der Waals surface area contributed by atoms with Gasteiger partial charge >= 0.3 is 0 Å². The second-order valence-corrected chi connectivity index (χ2v) is 5.43. The first-order valence-electron chi connectivity index (χ1n) is 6.38. The van der Waals surface area contributed by atoms with Crippen molar-refractivity contribution in [3.05, 3.63) is 0 Å². The Kier molecular flexibility index (Phi) is 7.47. The summed E-state index contributed by atoms with van der Waals surface area (Å²) in [5.74, 6) is 1.81. The third kappa shape index (κ3) is 6.26. The summed E-state index contributed by atoms with van der Waals surface area (Å²) < 4.78 is 0. The van der Waals surface area contributed by atoms with Crippen LogP contribution < -0.4 is 11.1 Å². The van der Waals surface area contributed by atoms with Gasteiger partial charge in [0.2, 0.25) is 0 Å². The third-order valence-electron chi connectivity index (χ3n) is 3.00. The molecule has 0 spiro atoms. The maximum Gasteiger partial charge on any atom is 0.188 e. The lowest BCUT2D eigenvalue weighted by molar-refractivity contribution is 0.530. The minimum atomic E-state index is 0.562. The van der Waals surface area contributed by atoms with E-state index in [2.05, 4.69) is 16.6 Å². The highest BCUT2D eigenvalue weighted by molar-refractivity contribution is 7.98. The Morgan fingerprint density at radius 2 is 2.00 bits per heavy atom. The van der Waals surface area contributed by atoms with Crippen molar-refractivity contribution in [2.75, 3.05) is 18.6 Å². The highest BCUT2D eigenvalue weighted by Crippen LogP contribution is 2.16. The fourth-order valence-corrected chi connectivity index (χ4v) is 2.50. The number of hydrogen-bond donors (Lipinski definition) is 2. The first-order chi connectivity index (χ1) is 7.83. The SMILES string of the molecule is CSCCCN=C(N)NC1CCCCCC1. The molecule has 0 aromatic heterocycles. The zero-order valence-electron chi connectivity index (χ0n) is 10.4. The summed E-state index contributed by atoms with van der Waals surface area (Å²) >= 11 is 1.86. The van der Waals surface area contributed by atoms with Crippen LogP contribution in [-0.2, 0) is 0 Å². The molecular formula is C12H25N3S. The van der Waals surface area contributed by atoms with Crippen molar-refractivity contribution in [1.29, 1.82) is 0 Å². The Bertz CT molecular complexity index is 198. The van der Waals surface area contributed by atoms with Crippen LogP contribution in [0.2, 0.25) is 0 Å². The molecule has 0 saturated heterocycles. The molecule has 0 aliphatic heterocycles. The molecule has 4 heteroatoms. The molecule has 0 unspecified atom stereocenters. The van der Waals surface area contributed by atoms with E-state index in [0.29, 0.717) is 12.0 Å². The monoisotopic (exact) mass is 243 g/mol. The van der Waals surface area contributed by atoms with E-state index in [-0.39, 0.29) is 0 Å². The van der Waals surface area contributed by atoms with Gasteiger partial charge in [0.25, 0.3) is 0 Å². The fourth-order valence-electron chi connectivity index (χ4n) is 2.09. The Morgan fingerprint density at radius 3 is 2.62 bits per heavy atom. The number of nitrogens with zero attached hydrogens (tertiary/aromatic N) is 1. The zero-order chi connectivity index (χ0) is 11.6. The highest BCUT2D eigenvalue weighted by atomic mass is 32.2. The molecule has 0 bridgehead atoms. The average molecular weight is 243 g/mol. The second kappa shape index (κ2) is 8.74. The van der Waals surface area contributed by atoms with E-state index < -0.39 is 0 Å². The van der Waals surface area contributed by atoms with Crippen LogP contribution in [0.3, 0.4) is 0 Å². The minimum absolute atomic E-state index is 0.562. The van der Waals surface area contributed by atoms with Gasteiger partial charge in [0.1, 0.15) is 0 Å². The van der Waals surface area contributed by atoms with Crippen LogP contribution in [-0.4, -0.2) is 30.6 Å².